The van der Waals surface area contributed by atoms with Gasteiger partial charge in [-0.05, 0) is 39.2 Å². The Morgan fingerprint density at radius 1 is 1.18 bits per heavy atom. The van der Waals surface area contributed by atoms with Crippen LogP contribution in [0.3, 0.4) is 0 Å². The maximum absolute atomic E-state index is 12.9. The van der Waals surface area contributed by atoms with Gasteiger partial charge >= 0.3 is 5.97 Å². The highest BCUT2D eigenvalue weighted by Gasteiger charge is 2.28. The summed E-state index contributed by atoms with van der Waals surface area (Å²) >= 11 is 0. The van der Waals surface area contributed by atoms with E-state index in [-0.39, 0.29) is 24.5 Å². The molecule has 0 unspecified atom stereocenters. The van der Waals surface area contributed by atoms with E-state index in [2.05, 4.69) is 5.32 Å². The minimum Gasteiger partial charge on any atom is -0.465 e. The lowest BCUT2D eigenvalue weighted by Gasteiger charge is -2.14. The van der Waals surface area contributed by atoms with Gasteiger partial charge in [0.1, 0.15) is 28.6 Å². The average molecular weight is 387 g/mol. The van der Waals surface area contributed by atoms with Crippen LogP contribution in [0.25, 0.3) is 0 Å². The molecular formula is C22H29NO5. The molecule has 1 aliphatic rings. The first-order chi connectivity index (χ1) is 13.2. The fourth-order valence-electron chi connectivity index (χ4n) is 3.56. The SMILES string of the molecule is CCOC(=O)c1cc(C(C)(C)C)oc1CNC(=O)c1c(C)oc2c1CCCC2. The molecule has 2 heterocycles. The predicted molar refractivity (Wildman–Crippen MR) is 105 cm³/mol. The van der Waals surface area contributed by atoms with E-state index >= 15 is 0 Å². The average Bonchev–Trinajstić information content (AvgIpc) is 3.20. The number of esters is 1. The zero-order valence-corrected chi connectivity index (χ0v) is 17.4. The predicted octanol–water partition coefficient (Wildman–Crippen LogP) is 4.46. The van der Waals surface area contributed by atoms with Crippen LogP contribution in [0.15, 0.2) is 14.9 Å². The van der Waals surface area contributed by atoms with E-state index in [1.165, 1.54) is 0 Å². The Morgan fingerprint density at radius 3 is 2.57 bits per heavy atom. The quantitative estimate of drug-likeness (QED) is 0.766. The third kappa shape index (κ3) is 4.01. The lowest BCUT2D eigenvalue weighted by atomic mass is 9.93. The number of hydrogen-bond acceptors (Lipinski definition) is 5. The maximum Gasteiger partial charge on any atom is 0.341 e. The van der Waals surface area contributed by atoms with E-state index in [0.29, 0.717) is 28.4 Å². The van der Waals surface area contributed by atoms with E-state index in [0.717, 1.165) is 37.0 Å². The lowest BCUT2D eigenvalue weighted by molar-refractivity contribution is 0.0522. The van der Waals surface area contributed by atoms with E-state index in [1.54, 1.807) is 13.0 Å². The number of ether oxygens (including phenoxy) is 1. The van der Waals surface area contributed by atoms with Crippen molar-refractivity contribution in [3.8, 4) is 0 Å². The number of fused-ring (bicyclic) bond motifs is 1. The van der Waals surface area contributed by atoms with Gasteiger partial charge in [-0.1, -0.05) is 20.8 Å². The van der Waals surface area contributed by atoms with Crippen molar-refractivity contribution in [1.82, 2.24) is 5.32 Å². The van der Waals surface area contributed by atoms with E-state index in [4.69, 9.17) is 13.6 Å². The van der Waals surface area contributed by atoms with Gasteiger partial charge in [0.25, 0.3) is 5.91 Å². The first-order valence-corrected chi connectivity index (χ1v) is 9.92. The number of furan rings is 2. The second kappa shape index (κ2) is 7.86. The second-order valence-corrected chi connectivity index (χ2v) is 8.24. The fourth-order valence-corrected chi connectivity index (χ4v) is 3.56. The van der Waals surface area contributed by atoms with Crippen molar-refractivity contribution in [2.45, 2.75) is 72.3 Å². The van der Waals surface area contributed by atoms with Crippen LogP contribution in [0.2, 0.25) is 0 Å². The van der Waals surface area contributed by atoms with E-state index in [9.17, 15) is 9.59 Å². The number of aryl methyl sites for hydroxylation is 2. The van der Waals surface area contributed by atoms with Gasteiger partial charge in [-0.15, -0.1) is 0 Å². The largest absolute Gasteiger partial charge is 0.465 e. The standard InChI is InChI=1S/C22H29NO5/c1-6-26-21(25)15-11-18(22(3,4)5)28-17(15)12-23-20(24)19-13(2)27-16-10-8-7-9-14(16)19/h11H,6-10,12H2,1-5H3,(H,23,24). The first-order valence-electron chi connectivity index (χ1n) is 9.92. The second-order valence-electron chi connectivity index (χ2n) is 8.24. The summed E-state index contributed by atoms with van der Waals surface area (Å²) in [6, 6.07) is 1.71. The Hall–Kier alpha value is -2.50. The molecule has 152 valence electrons. The minimum absolute atomic E-state index is 0.114. The van der Waals surface area contributed by atoms with Crippen molar-refractivity contribution < 1.29 is 23.2 Å². The number of carbonyl (C=O) groups excluding carboxylic acids is 2. The number of carbonyl (C=O) groups is 2. The summed E-state index contributed by atoms with van der Waals surface area (Å²) in [6.07, 6.45) is 3.89. The van der Waals surface area contributed by atoms with Crippen molar-refractivity contribution >= 4 is 11.9 Å². The Kier molecular flexibility index (Phi) is 5.68. The molecule has 1 aliphatic carbocycles. The van der Waals surface area contributed by atoms with Gasteiger partial charge < -0.3 is 18.9 Å². The zero-order chi connectivity index (χ0) is 20.5. The van der Waals surface area contributed by atoms with Crippen LogP contribution in [0, 0.1) is 6.92 Å². The van der Waals surface area contributed by atoms with Crippen LogP contribution < -0.4 is 5.32 Å². The maximum atomic E-state index is 12.9. The molecule has 1 amide bonds. The lowest BCUT2D eigenvalue weighted by Crippen LogP contribution is -2.25. The number of nitrogens with one attached hydrogen (secondary N) is 1. The monoisotopic (exact) mass is 387 g/mol. The molecule has 1 N–H and O–H groups in total. The molecule has 6 heteroatoms. The summed E-state index contributed by atoms with van der Waals surface area (Å²) in [4.78, 5) is 25.2. The highest BCUT2D eigenvalue weighted by Crippen LogP contribution is 2.30. The molecule has 0 atom stereocenters. The summed E-state index contributed by atoms with van der Waals surface area (Å²) in [6.45, 7) is 9.99. The summed E-state index contributed by atoms with van der Waals surface area (Å²) in [7, 11) is 0. The normalized spacial score (nSPS) is 13.9. The molecule has 0 bridgehead atoms. The molecule has 0 saturated heterocycles. The van der Waals surface area contributed by atoms with Crippen LogP contribution in [0.4, 0.5) is 0 Å². The van der Waals surface area contributed by atoms with Gasteiger partial charge in [0.2, 0.25) is 0 Å². The third-order valence-corrected chi connectivity index (χ3v) is 5.03. The number of rotatable bonds is 5. The van der Waals surface area contributed by atoms with Crippen LogP contribution in [-0.4, -0.2) is 18.5 Å². The van der Waals surface area contributed by atoms with E-state index in [1.807, 2.05) is 27.7 Å². The molecule has 0 saturated carbocycles. The van der Waals surface area contributed by atoms with Crippen molar-refractivity contribution in [3.05, 3.63) is 45.8 Å². The Morgan fingerprint density at radius 2 is 1.89 bits per heavy atom. The molecule has 3 rings (SSSR count). The molecule has 2 aromatic heterocycles. The van der Waals surface area contributed by atoms with Gasteiger partial charge in [0.15, 0.2) is 0 Å². The number of amides is 1. The van der Waals surface area contributed by atoms with Gasteiger partial charge in [0.05, 0.1) is 18.7 Å². The van der Waals surface area contributed by atoms with Crippen LogP contribution >= 0.6 is 0 Å². The van der Waals surface area contributed by atoms with Crippen molar-refractivity contribution in [2.75, 3.05) is 6.61 Å². The molecular weight excluding hydrogens is 358 g/mol. The number of hydrogen-bond donors (Lipinski definition) is 1. The molecule has 28 heavy (non-hydrogen) atoms. The van der Waals surface area contributed by atoms with Crippen LogP contribution in [0.5, 0.6) is 0 Å². The van der Waals surface area contributed by atoms with E-state index < -0.39 is 5.97 Å². The summed E-state index contributed by atoms with van der Waals surface area (Å²) < 4.78 is 16.9. The molecule has 2 aromatic rings. The Balaban J connectivity index is 1.82. The van der Waals surface area contributed by atoms with Gasteiger partial charge in [-0.3, -0.25) is 4.79 Å². The molecule has 0 aromatic carbocycles. The summed E-state index contributed by atoms with van der Waals surface area (Å²) in [5.74, 6) is 2.01. The summed E-state index contributed by atoms with van der Waals surface area (Å²) in [5.41, 5.74) is 1.73. The van der Waals surface area contributed by atoms with Gasteiger partial charge in [0, 0.05) is 17.4 Å². The summed E-state index contributed by atoms with van der Waals surface area (Å²) in [5, 5.41) is 2.89. The molecule has 0 fully saturated rings. The molecule has 0 aliphatic heterocycles. The highest BCUT2D eigenvalue weighted by atomic mass is 16.5. The molecule has 0 spiro atoms. The minimum atomic E-state index is -0.442. The third-order valence-electron chi connectivity index (χ3n) is 5.03. The Labute approximate surface area is 165 Å². The van der Waals surface area contributed by atoms with Crippen LogP contribution in [-0.2, 0) is 29.5 Å². The smallest absolute Gasteiger partial charge is 0.341 e. The molecule has 0 radical (unpaired) electrons. The zero-order valence-electron chi connectivity index (χ0n) is 17.4. The fraction of sp³-hybridized carbons (Fsp3) is 0.545. The van der Waals surface area contributed by atoms with Gasteiger partial charge in [-0.2, -0.15) is 0 Å². The topological polar surface area (TPSA) is 81.7 Å². The Bertz CT molecular complexity index is 882. The van der Waals surface area contributed by atoms with Gasteiger partial charge in [-0.25, -0.2) is 4.79 Å². The first kappa shape index (κ1) is 20.2. The van der Waals surface area contributed by atoms with Crippen LogP contribution in [0.1, 0.15) is 89.9 Å². The van der Waals surface area contributed by atoms with Crippen molar-refractivity contribution in [3.63, 3.8) is 0 Å². The molecule has 6 nitrogen and oxygen atoms in total. The highest BCUT2D eigenvalue weighted by molar-refractivity contribution is 5.97. The van der Waals surface area contributed by atoms with Crippen molar-refractivity contribution in [2.24, 2.45) is 0 Å². The van der Waals surface area contributed by atoms with Crippen molar-refractivity contribution in [1.29, 1.82) is 0 Å².